The van der Waals surface area contributed by atoms with Gasteiger partial charge in [0.15, 0.2) is 0 Å². The van der Waals surface area contributed by atoms with Gasteiger partial charge in [-0.25, -0.2) is 4.98 Å². The second kappa shape index (κ2) is 5.18. The number of hydrogen-bond acceptors (Lipinski definition) is 2. The molecule has 1 aromatic heterocycles. The Balaban J connectivity index is 1.79. The summed E-state index contributed by atoms with van der Waals surface area (Å²) in [6, 6.07) is 18.1. The monoisotopic (exact) mass is 261 g/mol. The van der Waals surface area contributed by atoms with Gasteiger partial charge < -0.3 is 4.57 Å². The molecule has 98 valence electrons. The molecule has 0 aliphatic heterocycles. The Morgan fingerprint density at radius 3 is 2.50 bits per heavy atom. The first-order chi connectivity index (χ1) is 9.78. The standard InChI is InChI=1S/C17H15N3/c1-20-16-5-3-2-4-15(16)19-17(20)11-10-13-6-8-14(12-18)9-7-13/h2-9H,10-11H2,1H3. The number of nitrogens with zero attached hydrogens (tertiary/aromatic N) is 3. The molecule has 0 aliphatic carbocycles. The highest BCUT2D eigenvalue weighted by molar-refractivity contribution is 5.75. The maximum absolute atomic E-state index is 8.79. The fraction of sp³-hybridized carbons (Fsp3) is 0.176. The summed E-state index contributed by atoms with van der Waals surface area (Å²) in [5, 5.41) is 8.79. The summed E-state index contributed by atoms with van der Waals surface area (Å²) in [4.78, 5) is 4.67. The second-order valence-electron chi connectivity index (χ2n) is 4.88. The molecule has 0 bridgehead atoms. The number of aromatic nitrogens is 2. The summed E-state index contributed by atoms with van der Waals surface area (Å²) in [7, 11) is 2.06. The van der Waals surface area contributed by atoms with Gasteiger partial charge in [0.25, 0.3) is 0 Å². The van der Waals surface area contributed by atoms with Crippen LogP contribution in [-0.4, -0.2) is 9.55 Å². The summed E-state index contributed by atoms with van der Waals surface area (Å²) in [5.41, 5.74) is 4.15. The first kappa shape index (κ1) is 12.4. The number of imidazole rings is 1. The van der Waals surface area contributed by atoms with Crippen molar-refractivity contribution >= 4 is 11.0 Å². The third-order valence-electron chi connectivity index (χ3n) is 3.60. The summed E-state index contributed by atoms with van der Waals surface area (Å²) in [6.45, 7) is 0. The van der Waals surface area contributed by atoms with E-state index in [4.69, 9.17) is 5.26 Å². The average Bonchev–Trinajstić information content (AvgIpc) is 2.83. The zero-order valence-corrected chi connectivity index (χ0v) is 11.4. The molecule has 0 saturated heterocycles. The van der Waals surface area contributed by atoms with Gasteiger partial charge in [-0.3, -0.25) is 0 Å². The Labute approximate surface area is 118 Å². The van der Waals surface area contributed by atoms with Gasteiger partial charge in [-0.05, 0) is 36.2 Å². The third-order valence-corrected chi connectivity index (χ3v) is 3.60. The van der Waals surface area contributed by atoms with Gasteiger partial charge in [0, 0.05) is 13.5 Å². The van der Waals surface area contributed by atoms with Crippen LogP contribution in [0.15, 0.2) is 48.5 Å². The lowest BCUT2D eigenvalue weighted by molar-refractivity contribution is 0.787. The molecule has 0 spiro atoms. The first-order valence-electron chi connectivity index (χ1n) is 6.67. The number of rotatable bonds is 3. The van der Waals surface area contributed by atoms with E-state index in [-0.39, 0.29) is 0 Å². The Hall–Kier alpha value is -2.60. The van der Waals surface area contributed by atoms with Crippen molar-refractivity contribution in [1.82, 2.24) is 9.55 Å². The molecular weight excluding hydrogens is 246 g/mol. The van der Waals surface area contributed by atoms with Crippen molar-refractivity contribution in [2.45, 2.75) is 12.8 Å². The van der Waals surface area contributed by atoms with E-state index in [0.29, 0.717) is 5.56 Å². The van der Waals surface area contributed by atoms with E-state index < -0.39 is 0 Å². The van der Waals surface area contributed by atoms with Crippen LogP contribution in [0, 0.1) is 11.3 Å². The molecule has 3 heteroatoms. The topological polar surface area (TPSA) is 41.6 Å². The minimum Gasteiger partial charge on any atom is -0.331 e. The zero-order valence-electron chi connectivity index (χ0n) is 11.4. The van der Waals surface area contributed by atoms with Gasteiger partial charge in [-0.2, -0.15) is 5.26 Å². The Bertz CT molecular complexity index is 776. The van der Waals surface area contributed by atoms with Crippen LogP contribution in [0.1, 0.15) is 17.0 Å². The molecule has 0 unspecified atom stereocenters. The lowest BCUT2D eigenvalue weighted by Crippen LogP contribution is -2.00. The molecule has 3 nitrogen and oxygen atoms in total. The molecule has 0 amide bonds. The lowest BCUT2D eigenvalue weighted by atomic mass is 10.1. The lowest BCUT2D eigenvalue weighted by Gasteiger charge is -2.03. The normalized spacial score (nSPS) is 10.6. The number of benzene rings is 2. The molecule has 0 fully saturated rings. The molecule has 0 N–H and O–H groups in total. The van der Waals surface area contributed by atoms with Crippen LogP contribution in [0.25, 0.3) is 11.0 Å². The van der Waals surface area contributed by atoms with Gasteiger partial charge in [0.1, 0.15) is 5.82 Å². The number of hydrogen-bond donors (Lipinski definition) is 0. The van der Waals surface area contributed by atoms with Crippen molar-refractivity contribution in [3.05, 3.63) is 65.5 Å². The van der Waals surface area contributed by atoms with E-state index >= 15 is 0 Å². The third kappa shape index (κ3) is 2.28. The SMILES string of the molecule is Cn1c(CCc2ccc(C#N)cc2)nc2ccccc21. The van der Waals surface area contributed by atoms with Gasteiger partial charge >= 0.3 is 0 Å². The summed E-state index contributed by atoms with van der Waals surface area (Å²) in [5.74, 6) is 1.09. The highest BCUT2D eigenvalue weighted by Gasteiger charge is 2.06. The predicted octanol–water partition coefficient (Wildman–Crippen LogP) is 3.23. The number of fused-ring (bicyclic) bond motifs is 1. The molecule has 0 atom stereocenters. The highest BCUT2D eigenvalue weighted by atomic mass is 15.1. The minimum atomic E-state index is 0.705. The maximum Gasteiger partial charge on any atom is 0.109 e. The van der Waals surface area contributed by atoms with Crippen molar-refractivity contribution in [3.8, 4) is 6.07 Å². The number of aryl methyl sites for hydroxylation is 3. The highest BCUT2D eigenvalue weighted by Crippen LogP contribution is 2.16. The molecule has 1 heterocycles. The summed E-state index contributed by atoms with van der Waals surface area (Å²) in [6.07, 6.45) is 1.83. The molecule has 2 aromatic carbocycles. The van der Waals surface area contributed by atoms with Crippen molar-refractivity contribution in [1.29, 1.82) is 5.26 Å². The quantitative estimate of drug-likeness (QED) is 0.726. The molecule has 3 aromatic rings. The van der Waals surface area contributed by atoms with Crippen molar-refractivity contribution in [3.63, 3.8) is 0 Å². The van der Waals surface area contributed by atoms with E-state index in [1.54, 1.807) is 0 Å². The first-order valence-corrected chi connectivity index (χ1v) is 6.67. The molecule has 20 heavy (non-hydrogen) atoms. The van der Waals surface area contributed by atoms with Crippen LogP contribution in [0.3, 0.4) is 0 Å². The van der Waals surface area contributed by atoms with Crippen LogP contribution in [0.4, 0.5) is 0 Å². The van der Waals surface area contributed by atoms with Crippen LogP contribution < -0.4 is 0 Å². The zero-order chi connectivity index (χ0) is 13.9. The molecule has 3 rings (SSSR count). The minimum absolute atomic E-state index is 0.705. The van der Waals surface area contributed by atoms with Gasteiger partial charge in [0.2, 0.25) is 0 Å². The van der Waals surface area contributed by atoms with E-state index in [1.807, 2.05) is 42.5 Å². The fourth-order valence-corrected chi connectivity index (χ4v) is 2.42. The van der Waals surface area contributed by atoms with Gasteiger partial charge in [-0.1, -0.05) is 24.3 Å². The van der Waals surface area contributed by atoms with Crippen molar-refractivity contribution in [2.75, 3.05) is 0 Å². The van der Waals surface area contributed by atoms with Crippen LogP contribution in [0.5, 0.6) is 0 Å². The van der Waals surface area contributed by atoms with E-state index in [0.717, 1.165) is 24.2 Å². The van der Waals surface area contributed by atoms with Crippen LogP contribution in [0.2, 0.25) is 0 Å². The smallest absolute Gasteiger partial charge is 0.109 e. The van der Waals surface area contributed by atoms with E-state index in [1.165, 1.54) is 11.1 Å². The van der Waals surface area contributed by atoms with Crippen LogP contribution >= 0.6 is 0 Å². The van der Waals surface area contributed by atoms with Gasteiger partial charge in [0.05, 0.1) is 22.7 Å². The largest absolute Gasteiger partial charge is 0.331 e. The van der Waals surface area contributed by atoms with Crippen LogP contribution in [-0.2, 0) is 19.9 Å². The maximum atomic E-state index is 8.79. The average molecular weight is 261 g/mol. The summed E-state index contributed by atoms with van der Waals surface area (Å²) >= 11 is 0. The Kier molecular flexibility index (Phi) is 3.22. The number of nitriles is 1. The fourth-order valence-electron chi connectivity index (χ4n) is 2.42. The van der Waals surface area contributed by atoms with E-state index in [9.17, 15) is 0 Å². The number of para-hydroxylation sites is 2. The Morgan fingerprint density at radius 1 is 1.05 bits per heavy atom. The van der Waals surface area contributed by atoms with Gasteiger partial charge in [-0.15, -0.1) is 0 Å². The molecule has 0 aliphatic rings. The second-order valence-corrected chi connectivity index (χ2v) is 4.88. The molecular formula is C17H15N3. The molecule has 0 saturated carbocycles. The van der Waals surface area contributed by atoms with Crippen molar-refractivity contribution < 1.29 is 0 Å². The Morgan fingerprint density at radius 2 is 1.80 bits per heavy atom. The van der Waals surface area contributed by atoms with Crippen molar-refractivity contribution in [2.24, 2.45) is 7.05 Å². The predicted molar refractivity (Wildman–Crippen MR) is 79.3 cm³/mol. The van der Waals surface area contributed by atoms with E-state index in [2.05, 4.69) is 28.7 Å². The molecule has 0 radical (unpaired) electrons. The summed E-state index contributed by atoms with van der Waals surface area (Å²) < 4.78 is 2.15.